The third kappa shape index (κ3) is 3.29. The molecule has 0 radical (unpaired) electrons. The van der Waals surface area contributed by atoms with Crippen LogP contribution in [0.3, 0.4) is 0 Å². The van der Waals surface area contributed by atoms with Crippen LogP contribution in [0.2, 0.25) is 0 Å². The van der Waals surface area contributed by atoms with Crippen LogP contribution in [0.5, 0.6) is 0 Å². The monoisotopic (exact) mass is 391 g/mol. The largest absolute Gasteiger partial charge is 0.424 e. The van der Waals surface area contributed by atoms with Crippen LogP contribution in [-0.4, -0.2) is 56.6 Å². The minimum atomic E-state index is -0.156. The smallest absolute Gasteiger partial charge is 0.292 e. The quantitative estimate of drug-likeness (QED) is 0.548. The summed E-state index contributed by atoms with van der Waals surface area (Å²) in [4.78, 5) is 23.6. The van der Waals surface area contributed by atoms with Gasteiger partial charge in [-0.25, -0.2) is 9.50 Å². The highest BCUT2D eigenvalue weighted by Crippen LogP contribution is 2.24. The zero-order chi connectivity index (χ0) is 20.0. The zero-order valence-corrected chi connectivity index (χ0v) is 16.0. The van der Waals surface area contributed by atoms with Gasteiger partial charge in [-0.2, -0.15) is 10.1 Å². The Balaban J connectivity index is 1.45. The summed E-state index contributed by atoms with van der Waals surface area (Å²) in [5.74, 6) is -0.156. The molecular formula is C20H21N7O2. The molecule has 3 aromatic heterocycles. The zero-order valence-electron chi connectivity index (χ0n) is 16.0. The summed E-state index contributed by atoms with van der Waals surface area (Å²) >= 11 is 0. The fraction of sp³-hybridized carbons (Fsp3) is 0.300. The Labute approximate surface area is 166 Å². The topological polar surface area (TPSA) is 115 Å². The van der Waals surface area contributed by atoms with E-state index in [1.807, 2.05) is 30.3 Å². The summed E-state index contributed by atoms with van der Waals surface area (Å²) in [6.07, 6.45) is 3.45. The average Bonchev–Trinajstić information content (AvgIpc) is 3.30. The van der Waals surface area contributed by atoms with E-state index in [2.05, 4.69) is 32.3 Å². The van der Waals surface area contributed by atoms with Crippen molar-refractivity contribution in [2.45, 2.75) is 18.9 Å². The second kappa shape index (κ2) is 6.85. The molecule has 1 saturated heterocycles. The second-order valence-electron chi connectivity index (χ2n) is 7.42. The first-order valence-electron chi connectivity index (χ1n) is 9.57. The molecule has 9 heteroatoms. The van der Waals surface area contributed by atoms with Crippen molar-refractivity contribution in [3.63, 3.8) is 0 Å². The molecule has 148 valence electrons. The van der Waals surface area contributed by atoms with E-state index in [9.17, 15) is 4.79 Å². The number of oxazole rings is 1. The number of rotatable bonds is 3. The maximum atomic E-state index is 12.8. The number of nitrogen functional groups attached to an aromatic ring is 1. The number of piperidine rings is 1. The number of amides is 1. The van der Waals surface area contributed by atoms with Crippen molar-refractivity contribution in [2.24, 2.45) is 0 Å². The SMILES string of the molecule is CN1CCC(NC(=O)c2cnc3ccc(-c4ccc5oc(N)nc5c4)nn23)CC1. The van der Waals surface area contributed by atoms with Gasteiger partial charge in [0.2, 0.25) is 0 Å². The maximum Gasteiger partial charge on any atom is 0.292 e. The van der Waals surface area contributed by atoms with Crippen LogP contribution >= 0.6 is 0 Å². The minimum absolute atomic E-state index is 0.128. The number of carbonyl (C=O) groups excluding carboxylic acids is 1. The van der Waals surface area contributed by atoms with Crippen molar-refractivity contribution in [3.05, 3.63) is 42.2 Å². The van der Waals surface area contributed by atoms with E-state index in [0.29, 0.717) is 28.1 Å². The molecule has 0 unspecified atom stereocenters. The van der Waals surface area contributed by atoms with E-state index >= 15 is 0 Å². The number of carbonyl (C=O) groups is 1. The lowest BCUT2D eigenvalue weighted by molar-refractivity contribution is 0.0909. The van der Waals surface area contributed by atoms with Gasteiger partial charge in [0, 0.05) is 11.6 Å². The lowest BCUT2D eigenvalue weighted by Gasteiger charge is -2.29. The summed E-state index contributed by atoms with van der Waals surface area (Å²) in [5.41, 5.74) is 9.50. The maximum absolute atomic E-state index is 12.8. The van der Waals surface area contributed by atoms with Crippen molar-refractivity contribution >= 4 is 28.7 Å². The first-order chi connectivity index (χ1) is 14.1. The Morgan fingerprint density at radius 2 is 2.07 bits per heavy atom. The number of hydrogen-bond donors (Lipinski definition) is 2. The van der Waals surface area contributed by atoms with Crippen LogP contribution in [0.4, 0.5) is 6.01 Å². The molecule has 3 N–H and O–H groups in total. The first-order valence-corrected chi connectivity index (χ1v) is 9.57. The van der Waals surface area contributed by atoms with Gasteiger partial charge < -0.3 is 20.4 Å². The number of nitrogens with zero attached hydrogens (tertiary/aromatic N) is 5. The number of hydrogen-bond acceptors (Lipinski definition) is 7. The van der Waals surface area contributed by atoms with Crippen LogP contribution in [0.15, 0.2) is 40.9 Å². The lowest BCUT2D eigenvalue weighted by atomic mass is 10.1. The summed E-state index contributed by atoms with van der Waals surface area (Å²) in [6, 6.07) is 9.56. The van der Waals surface area contributed by atoms with Gasteiger partial charge in [-0.05, 0) is 63.3 Å². The fourth-order valence-electron chi connectivity index (χ4n) is 3.70. The Morgan fingerprint density at radius 3 is 2.90 bits per heavy atom. The van der Waals surface area contributed by atoms with Crippen molar-refractivity contribution in [1.29, 1.82) is 0 Å². The number of aromatic nitrogens is 4. The Bertz CT molecular complexity index is 1200. The number of nitrogens with two attached hydrogens (primary N) is 1. The van der Waals surface area contributed by atoms with Gasteiger partial charge in [0.1, 0.15) is 11.2 Å². The van der Waals surface area contributed by atoms with Crippen LogP contribution in [0, 0.1) is 0 Å². The first kappa shape index (κ1) is 17.6. The second-order valence-corrected chi connectivity index (χ2v) is 7.42. The van der Waals surface area contributed by atoms with E-state index in [1.54, 1.807) is 10.7 Å². The summed E-state index contributed by atoms with van der Waals surface area (Å²) in [5, 5.41) is 7.76. The number of imidazole rings is 1. The Kier molecular flexibility index (Phi) is 4.17. The molecule has 0 atom stereocenters. The van der Waals surface area contributed by atoms with Crippen LogP contribution in [-0.2, 0) is 0 Å². The molecule has 4 aromatic rings. The standard InChI is InChI=1S/C20H21N7O2/c1-26-8-6-13(7-9-26)23-19(28)16-11-22-18-5-3-14(25-27(16)18)12-2-4-17-15(10-12)24-20(21)29-17/h2-5,10-11,13H,6-9H2,1H3,(H2,21,24)(H,23,28). The molecular weight excluding hydrogens is 370 g/mol. The average molecular weight is 391 g/mol. The Hall–Kier alpha value is -3.46. The molecule has 1 fully saturated rings. The van der Waals surface area contributed by atoms with E-state index in [0.717, 1.165) is 31.5 Å². The summed E-state index contributed by atoms with van der Waals surface area (Å²) < 4.78 is 6.91. The third-order valence-corrected chi connectivity index (χ3v) is 5.35. The summed E-state index contributed by atoms with van der Waals surface area (Å²) in [7, 11) is 2.10. The van der Waals surface area contributed by atoms with Gasteiger partial charge >= 0.3 is 0 Å². The van der Waals surface area contributed by atoms with E-state index < -0.39 is 0 Å². The van der Waals surface area contributed by atoms with Crippen LogP contribution in [0.25, 0.3) is 28.0 Å². The molecule has 5 rings (SSSR count). The minimum Gasteiger partial charge on any atom is -0.424 e. The predicted octanol–water partition coefficient (Wildman–Crippen LogP) is 1.94. The molecule has 1 amide bonds. The fourth-order valence-corrected chi connectivity index (χ4v) is 3.70. The summed E-state index contributed by atoms with van der Waals surface area (Å²) in [6.45, 7) is 1.96. The van der Waals surface area contributed by atoms with Gasteiger partial charge in [0.25, 0.3) is 11.9 Å². The van der Waals surface area contributed by atoms with Crippen LogP contribution < -0.4 is 11.1 Å². The number of nitrogens with one attached hydrogen (secondary N) is 1. The molecule has 1 aromatic carbocycles. The van der Waals surface area contributed by atoms with Gasteiger partial charge in [0.15, 0.2) is 11.2 Å². The highest BCUT2D eigenvalue weighted by Gasteiger charge is 2.21. The Morgan fingerprint density at radius 1 is 1.24 bits per heavy atom. The molecule has 1 aliphatic heterocycles. The molecule has 29 heavy (non-hydrogen) atoms. The molecule has 0 bridgehead atoms. The van der Waals surface area contributed by atoms with Crippen molar-refractivity contribution in [3.8, 4) is 11.3 Å². The number of likely N-dealkylation sites (tertiary alicyclic amines) is 1. The number of benzene rings is 1. The normalized spacial score (nSPS) is 15.9. The van der Waals surface area contributed by atoms with Gasteiger partial charge in [-0.1, -0.05) is 0 Å². The van der Waals surface area contributed by atoms with Crippen molar-refractivity contribution in [2.75, 3.05) is 25.9 Å². The highest BCUT2D eigenvalue weighted by molar-refractivity contribution is 5.93. The highest BCUT2D eigenvalue weighted by atomic mass is 16.4. The van der Waals surface area contributed by atoms with E-state index in [-0.39, 0.29) is 18.0 Å². The lowest BCUT2D eigenvalue weighted by Crippen LogP contribution is -2.43. The van der Waals surface area contributed by atoms with Gasteiger partial charge in [-0.15, -0.1) is 0 Å². The molecule has 0 spiro atoms. The molecule has 9 nitrogen and oxygen atoms in total. The van der Waals surface area contributed by atoms with Crippen LogP contribution in [0.1, 0.15) is 23.3 Å². The number of anilines is 1. The molecule has 4 heterocycles. The van der Waals surface area contributed by atoms with Crippen molar-refractivity contribution < 1.29 is 9.21 Å². The van der Waals surface area contributed by atoms with Crippen molar-refractivity contribution in [1.82, 2.24) is 29.8 Å². The van der Waals surface area contributed by atoms with E-state index in [1.165, 1.54) is 0 Å². The van der Waals surface area contributed by atoms with Gasteiger partial charge in [-0.3, -0.25) is 4.79 Å². The predicted molar refractivity (Wildman–Crippen MR) is 108 cm³/mol. The van der Waals surface area contributed by atoms with Gasteiger partial charge in [0.05, 0.1) is 11.9 Å². The third-order valence-electron chi connectivity index (χ3n) is 5.35. The molecule has 1 aliphatic rings. The number of fused-ring (bicyclic) bond motifs is 2. The van der Waals surface area contributed by atoms with E-state index in [4.69, 9.17) is 10.2 Å². The molecule has 0 aliphatic carbocycles. The molecule has 0 saturated carbocycles.